The van der Waals surface area contributed by atoms with Crippen LogP contribution in [0.25, 0.3) is 0 Å². The van der Waals surface area contributed by atoms with E-state index < -0.39 is 11.9 Å². The fourth-order valence-corrected chi connectivity index (χ4v) is 2.88. The topological polar surface area (TPSA) is 59.0 Å². The molecule has 10 heteroatoms. The zero-order valence-electron chi connectivity index (χ0n) is 15.2. The number of rotatable bonds is 7. The van der Waals surface area contributed by atoms with Crippen LogP contribution in [0.4, 0.5) is 13.2 Å². The second kappa shape index (κ2) is 9.45. The van der Waals surface area contributed by atoms with Crippen LogP contribution in [-0.2, 0) is 12.7 Å². The lowest BCUT2D eigenvalue weighted by Gasteiger charge is -2.21. The van der Waals surface area contributed by atoms with Crippen molar-refractivity contribution in [2.45, 2.75) is 12.7 Å². The summed E-state index contributed by atoms with van der Waals surface area (Å²) in [6, 6.07) is 7.24. The van der Waals surface area contributed by atoms with Crippen molar-refractivity contribution < 1.29 is 22.6 Å². The van der Waals surface area contributed by atoms with E-state index in [1.54, 1.807) is 14.2 Å². The monoisotopic (exact) mass is 402 g/mol. The molecule has 0 bridgehead atoms. The summed E-state index contributed by atoms with van der Waals surface area (Å²) in [5.41, 5.74) is -0.875. The maximum absolute atomic E-state index is 12.6. The highest BCUT2D eigenvalue weighted by molar-refractivity contribution is 7.09. The Balaban J connectivity index is 1.79. The van der Waals surface area contributed by atoms with Gasteiger partial charge in [-0.2, -0.15) is 13.2 Å². The number of hydrogen-bond acceptors (Lipinski definition) is 5. The Bertz CT molecular complexity index is 747. The van der Waals surface area contributed by atoms with E-state index >= 15 is 0 Å². The predicted octanol–water partition coefficient (Wildman–Crippen LogP) is 3.26. The minimum Gasteiger partial charge on any atom is -0.497 e. The summed E-state index contributed by atoms with van der Waals surface area (Å²) >= 11 is 0.957. The molecular formula is C17H21F3N4O2S. The van der Waals surface area contributed by atoms with Crippen LogP contribution in [0.5, 0.6) is 11.5 Å². The van der Waals surface area contributed by atoms with E-state index in [1.165, 1.54) is 0 Å². The van der Waals surface area contributed by atoms with Gasteiger partial charge in [0.25, 0.3) is 0 Å². The van der Waals surface area contributed by atoms with Gasteiger partial charge in [-0.1, -0.05) is 0 Å². The molecule has 0 fully saturated rings. The van der Waals surface area contributed by atoms with Gasteiger partial charge in [0.1, 0.15) is 23.1 Å². The second-order valence-corrected chi connectivity index (χ2v) is 6.41. The van der Waals surface area contributed by atoms with Crippen LogP contribution in [-0.4, -0.2) is 50.2 Å². The third-order valence-corrected chi connectivity index (χ3v) is 4.42. The Morgan fingerprint density at radius 2 is 1.93 bits per heavy atom. The molecule has 2 rings (SSSR count). The van der Waals surface area contributed by atoms with Crippen molar-refractivity contribution in [3.05, 3.63) is 40.3 Å². The molecule has 1 N–H and O–H groups in total. The van der Waals surface area contributed by atoms with Crippen LogP contribution < -0.4 is 14.8 Å². The number of ether oxygens (including phenoxy) is 2. The molecule has 1 aromatic carbocycles. The first kappa shape index (κ1) is 20.8. The number of guanidine groups is 1. The fourth-order valence-electron chi connectivity index (χ4n) is 2.14. The van der Waals surface area contributed by atoms with Crippen molar-refractivity contribution in [2.24, 2.45) is 4.99 Å². The Hall–Kier alpha value is -2.49. The standard InChI is InChI=1S/C17H21F3N4O2S/c1-21-16(22-10-15-23-14(11-27-15)17(18,19)20)24(2)8-9-26-13-6-4-12(25-3)5-7-13/h4-7,11H,8-10H2,1-3H3,(H,21,22). The lowest BCUT2D eigenvalue weighted by atomic mass is 10.3. The zero-order chi connectivity index (χ0) is 19.9. The molecule has 0 aliphatic heterocycles. The summed E-state index contributed by atoms with van der Waals surface area (Å²) in [6.07, 6.45) is -4.42. The Morgan fingerprint density at radius 3 is 2.48 bits per heavy atom. The average Bonchev–Trinajstić information content (AvgIpc) is 3.12. The minimum absolute atomic E-state index is 0.164. The summed E-state index contributed by atoms with van der Waals surface area (Å²) in [4.78, 5) is 9.53. The molecule has 0 saturated carbocycles. The first-order valence-corrected chi connectivity index (χ1v) is 8.91. The number of benzene rings is 1. The summed E-state index contributed by atoms with van der Waals surface area (Å²) in [5.74, 6) is 2.01. The van der Waals surface area contributed by atoms with Gasteiger partial charge in [0.2, 0.25) is 0 Å². The SMILES string of the molecule is CN=C(NCc1nc(C(F)(F)F)cs1)N(C)CCOc1ccc(OC)cc1. The molecule has 0 saturated heterocycles. The highest BCUT2D eigenvalue weighted by atomic mass is 32.1. The summed E-state index contributed by atoms with van der Waals surface area (Å²) in [7, 11) is 5.01. The molecular weight excluding hydrogens is 381 g/mol. The van der Waals surface area contributed by atoms with Crippen LogP contribution in [0.2, 0.25) is 0 Å². The van der Waals surface area contributed by atoms with Crippen LogP contribution in [0.15, 0.2) is 34.6 Å². The third-order valence-electron chi connectivity index (χ3n) is 3.57. The van der Waals surface area contributed by atoms with E-state index in [1.807, 2.05) is 36.2 Å². The Morgan fingerprint density at radius 1 is 1.26 bits per heavy atom. The number of hydrogen-bond donors (Lipinski definition) is 1. The van der Waals surface area contributed by atoms with Crippen molar-refractivity contribution in [1.82, 2.24) is 15.2 Å². The van der Waals surface area contributed by atoms with Crippen LogP contribution in [0.3, 0.4) is 0 Å². The number of halogens is 3. The van der Waals surface area contributed by atoms with Gasteiger partial charge < -0.3 is 19.7 Å². The van der Waals surface area contributed by atoms with Gasteiger partial charge >= 0.3 is 6.18 Å². The van der Waals surface area contributed by atoms with Crippen molar-refractivity contribution >= 4 is 17.3 Å². The molecule has 0 radical (unpaired) electrons. The first-order valence-electron chi connectivity index (χ1n) is 8.03. The molecule has 1 heterocycles. The van der Waals surface area contributed by atoms with E-state index in [0.29, 0.717) is 24.1 Å². The summed E-state index contributed by atoms with van der Waals surface area (Å²) < 4.78 is 48.5. The molecule has 0 aliphatic carbocycles. The molecule has 1 aromatic heterocycles. The van der Waals surface area contributed by atoms with Gasteiger partial charge in [0.05, 0.1) is 20.2 Å². The number of thiazole rings is 1. The number of aromatic nitrogens is 1. The Labute approximate surface area is 159 Å². The van der Waals surface area contributed by atoms with Crippen molar-refractivity contribution in [2.75, 3.05) is 34.4 Å². The Kier molecular flexibility index (Phi) is 7.28. The number of methoxy groups -OCH3 is 1. The average molecular weight is 402 g/mol. The van der Waals surface area contributed by atoms with E-state index in [0.717, 1.165) is 28.2 Å². The number of alkyl halides is 3. The quantitative estimate of drug-likeness (QED) is 0.569. The van der Waals surface area contributed by atoms with Gasteiger partial charge in [-0.05, 0) is 24.3 Å². The molecule has 148 valence electrons. The van der Waals surface area contributed by atoms with E-state index in [-0.39, 0.29) is 6.54 Å². The second-order valence-electron chi connectivity index (χ2n) is 5.47. The lowest BCUT2D eigenvalue weighted by Crippen LogP contribution is -2.40. The molecule has 27 heavy (non-hydrogen) atoms. The zero-order valence-corrected chi connectivity index (χ0v) is 16.0. The van der Waals surface area contributed by atoms with E-state index in [9.17, 15) is 13.2 Å². The molecule has 0 spiro atoms. The summed E-state index contributed by atoms with van der Waals surface area (Å²) in [5, 5.41) is 4.34. The fraction of sp³-hybridized carbons (Fsp3) is 0.412. The maximum Gasteiger partial charge on any atom is 0.434 e. The van der Waals surface area contributed by atoms with Gasteiger partial charge in [0.15, 0.2) is 11.7 Å². The van der Waals surface area contributed by atoms with Crippen LogP contribution in [0.1, 0.15) is 10.7 Å². The lowest BCUT2D eigenvalue weighted by molar-refractivity contribution is -0.140. The minimum atomic E-state index is -4.42. The highest BCUT2D eigenvalue weighted by Crippen LogP contribution is 2.29. The molecule has 0 unspecified atom stereocenters. The third kappa shape index (κ3) is 6.31. The smallest absolute Gasteiger partial charge is 0.434 e. The highest BCUT2D eigenvalue weighted by Gasteiger charge is 2.33. The van der Waals surface area contributed by atoms with E-state index in [2.05, 4.69) is 15.3 Å². The molecule has 0 amide bonds. The maximum atomic E-state index is 12.6. The molecule has 0 atom stereocenters. The first-order chi connectivity index (χ1) is 12.8. The normalized spacial score (nSPS) is 12.0. The largest absolute Gasteiger partial charge is 0.497 e. The van der Waals surface area contributed by atoms with Crippen molar-refractivity contribution in [1.29, 1.82) is 0 Å². The predicted molar refractivity (Wildman–Crippen MR) is 98.4 cm³/mol. The van der Waals surface area contributed by atoms with Crippen molar-refractivity contribution in [3.8, 4) is 11.5 Å². The van der Waals surface area contributed by atoms with Crippen LogP contribution >= 0.6 is 11.3 Å². The molecule has 0 aliphatic rings. The van der Waals surface area contributed by atoms with Crippen molar-refractivity contribution in [3.63, 3.8) is 0 Å². The van der Waals surface area contributed by atoms with E-state index in [4.69, 9.17) is 9.47 Å². The van der Waals surface area contributed by atoms with Crippen LogP contribution in [0, 0.1) is 0 Å². The van der Waals surface area contributed by atoms with Gasteiger partial charge in [0, 0.05) is 19.5 Å². The van der Waals surface area contributed by atoms with Gasteiger partial charge in [-0.3, -0.25) is 4.99 Å². The summed E-state index contributed by atoms with van der Waals surface area (Å²) in [6.45, 7) is 1.12. The van der Waals surface area contributed by atoms with Gasteiger partial charge in [-0.25, -0.2) is 4.98 Å². The molecule has 6 nitrogen and oxygen atoms in total. The van der Waals surface area contributed by atoms with Gasteiger partial charge in [-0.15, -0.1) is 11.3 Å². The molecule has 2 aromatic rings. The number of likely N-dealkylation sites (N-methyl/N-ethyl adjacent to an activating group) is 1. The number of nitrogens with one attached hydrogen (secondary N) is 1. The number of aliphatic imine (C=N–C) groups is 1. The number of nitrogens with zero attached hydrogens (tertiary/aromatic N) is 3.